The third kappa shape index (κ3) is 3.89. The molecule has 2 aliphatic carbocycles. The summed E-state index contributed by atoms with van der Waals surface area (Å²) < 4.78 is 5.49. The van der Waals surface area contributed by atoms with Gasteiger partial charge in [-0.15, -0.1) is 24.8 Å². The van der Waals surface area contributed by atoms with Gasteiger partial charge in [-0.1, -0.05) is 0 Å². The monoisotopic (exact) mass is 477 g/mol. The quantitative estimate of drug-likeness (QED) is 0.428. The molecule has 0 spiro atoms. The van der Waals surface area contributed by atoms with Crippen molar-refractivity contribution in [2.24, 2.45) is 5.92 Å². The van der Waals surface area contributed by atoms with Gasteiger partial charge < -0.3 is 0 Å². The van der Waals surface area contributed by atoms with Gasteiger partial charge in [0.25, 0.3) is 0 Å². The molecule has 143 valence electrons. The molecule has 0 amide bonds. The minimum absolute atomic E-state index is 0. The molecule has 0 saturated heterocycles. The standard InChI is InChI=1S/2C9H7.C4H8.C2H5.2ClH.Zr/c2*1-2-5-9-7-3-6-8(9)4-1;1-4(2)3;1-2;;;/h2*1-7H;1,4H,2-3H3;1H2,2H3;2*1H;. The second-order valence-electron chi connectivity index (χ2n) is 7.81. The number of benzene rings is 2. The van der Waals surface area contributed by atoms with Gasteiger partial charge in [-0.2, -0.15) is 0 Å². The van der Waals surface area contributed by atoms with Gasteiger partial charge in [0.15, 0.2) is 0 Å². The van der Waals surface area contributed by atoms with E-state index in [1.54, 1.807) is 11.1 Å². The summed E-state index contributed by atoms with van der Waals surface area (Å²) in [7, 11) is 0. The Morgan fingerprint density at radius 3 is 1.67 bits per heavy atom. The second kappa shape index (κ2) is 9.17. The summed E-state index contributed by atoms with van der Waals surface area (Å²) in [6.45, 7) is 7.20. The molecule has 2 aromatic carbocycles. The molecule has 3 heteroatoms. The largest absolute Gasteiger partial charge is 0.147 e. The smallest absolute Gasteiger partial charge is 0.147 e. The first-order valence-corrected chi connectivity index (χ1v) is 15.6. The maximum Gasteiger partial charge on any atom is -0.147 e. The molecular formula is C24H29Cl2Zr. The number of fused-ring (bicyclic) bond motifs is 2. The zero-order valence-electron chi connectivity index (χ0n) is 16.3. The van der Waals surface area contributed by atoms with Crippen molar-refractivity contribution in [2.75, 3.05) is 0 Å². The van der Waals surface area contributed by atoms with E-state index in [1.807, 2.05) is 0 Å². The van der Waals surface area contributed by atoms with Crippen LogP contribution in [-0.2, 0) is 19.8 Å². The van der Waals surface area contributed by atoms with E-state index in [1.165, 1.54) is 15.3 Å². The first kappa shape index (κ1) is 22.5. The van der Waals surface area contributed by atoms with Gasteiger partial charge in [-0.25, -0.2) is 0 Å². The summed E-state index contributed by atoms with van der Waals surface area (Å²) in [6.07, 6.45) is 9.83. The Balaban J connectivity index is 0.00000131. The number of allylic oxidation sites excluding steroid dienone is 2. The summed E-state index contributed by atoms with van der Waals surface area (Å²) in [5.41, 5.74) is 6.04. The van der Waals surface area contributed by atoms with Crippen molar-refractivity contribution in [3.8, 4) is 0 Å². The van der Waals surface area contributed by atoms with E-state index in [4.69, 9.17) is 0 Å². The molecule has 0 N–H and O–H groups in total. The number of hydrogen-bond acceptors (Lipinski definition) is 0. The molecule has 2 aliphatic rings. The van der Waals surface area contributed by atoms with Crippen LogP contribution in [0.1, 0.15) is 50.3 Å². The molecule has 4 rings (SSSR count). The molecule has 2 unspecified atom stereocenters. The van der Waals surface area contributed by atoms with Crippen molar-refractivity contribution >= 4 is 40.7 Å². The predicted molar refractivity (Wildman–Crippen MR) is 122 cm³/mol. The molecule has 0 aliphatic heterocycles. The van der Waals surface area contributed by atoms with E-state index in [0.717, 1.165) is 0 Å². The zero-order chi connectivity index (χ0) is 17.4. The molecule has 0 aromatic heterocycles. The number of halogens is 2. The molecule has 27 heavy (non-hydrogen) atoms. The molecule has 0 saturated carbocycles. The molecule has 2 atom stereocenters. The van der Waals surface area contributed by atoms with Crippen LogP contribution in [0.25, 0.3) is 12.2 Å². The Hall–Kier alpha value is -0.747. The number of hydrogen-bond donors (Lipinski definition) is 0. The Bertz CT molecular complexity index is 843. The zero-order valence-corrected chi connectivity index (χ0v) is 20.4. The van der Waals surface area contributed by atoms with Crippen LogP contribution in [0.4, 0.5) is 0 Å². The SMILES string of the molecule is C[CH2][Zr](=[CH]C(C)C)([CH]1C=Cc2ccccc21)[CH]1C=Cc2ccccc21.Cl.Cl. The van der Waals surface area contributed by atoms with Gasteiger partial charge in [0.05, 0.1) is 0 Å². The van der Waals surface area contributed by atoms with E-state index in [-0.39, 0.29) is 24.8 Å². The maximum absolute atomic E-state index is 2.84. The molecule has 0 nitrogen and oxygen atoms in total. The average Bonchev–Trinajstić information content (AvgIpc) is 3.24. The summed E-state index contributed by atoms with van der Waals surface area (Å²) in [5, 5.41) is 0. The van der Waals surface area contributed by atoms with Gasteiger partial charge in [0.1, 0.15) is 0 Å². The Labute approximate surface area is 180 Å². The fourth-order valence-corrected chi connectivity index (χ4v) is 19.2. The van der Waals surface area contributed by atoms with Gasteiger partial charge in [-0.3, -0.25) is 0 Å². The fraction of sp³-hybridized carbons (Fsp3) is 0.292. The van der Waals surface area contributed by atoms with Crippen LogP contribution >= 0.6 is 24.8 Å². The Kier molecular flexibility index (Phi) is 7.65. The average molecular weight is 480 g/mol. The first-order valence-electron chi connectivity index (χ1n) is 9.56. The van der Waals surface area contributed by atoms with Crippen LogP contribution in [0, 0.1) is 5.92 Å². The minimum atomic E-state index is -2.73. The molecule has 0 radical (unpaired) electrons. The minimum Gasteiger partial charge on any atom is -0.147 e. The molecular weight excluding hydrogens is 450 g/mol. The van der Waals surface area contributed by atoms with Crippen molar-refractivity contribution in [3.05, 3.63) is 82.9 Å². The summed E-state index contributed by atoms with van der Waals surface area (Å²) in [6, 6.07) is 18.1. The van der Waals surface area contributed by atoms with Crippen LogP contribution in [0.5, 0.6) is 0 Å². The Morgan fingerprint density at radius 1 is 0.815 bits per heavy atom. The summed E-state index contributed by atoms with van der Waals surface area (Å²) in [4.78, 5) is 0. The van der Waals surface area contributed by atoms with Crippen molar-refractivity contribution in [2.45, 2.75) is 32.2 Å². The summed E-state index contributed by atoms with van der Waals surface area (Å²) in [5.74, 6) is 0.651. The van der Waals surface area contributed by atoms with Crippen LogP contribution < -0.4 is 0 Å². The second-order valence-corrected chi connectivity index (χ2v) is 18.9. The van der Waals surface area contributed by atoms with Crippen LogP contribution in [0.15, 0.2) is 60.7 Å². The molecule has 0 heterocycles. The topological polar surface area (TPSA) is 0 Å². The van der Waals surface area contributed by atoms with Gasteiger partial charge in [-0.05, 0) is 0 Å². The third-order valence-electron chi connectivity index (χ3n) is 6.01. The van der Waals surface area contributed by atoms with Crippen LogP contribution in [0.3, 0.4) is 0 Å². The van der Waals surface area contributed by atoms with Gasteiger partial charge in [0, 0.05) is 0 Å². The first-order chi connectivity index (χ1) is 12.2. The van der Waals surface area contributed by atoms with Gasteiger partial charge in [0.2, 0.25) is 0 Å². The molecule has 0 bridgehead atoms. The maximum atomic E-state index is 2.84. The van der Waals surface area contributed by atoms with E-state index >= 15 is 0 Å². The summed E-state index contributed by atoms with van der Waals surface area (Å²) >= 11 is -2.73. The van der Waals surface area contributed by atoms with Crippen molar-refractivity contribution in [1.29, 1.82) is 0 Å². The number of rotatable bonds is 4. The van der Waals surface area contributed by atoms with E-state index in [9.17, 15) is 0 Å². The fourth-order valence-electron chi connectivity index (χ4n) is 5.02. The molecule has 2 aromatic rings. The van der Waals surface area contributed by atoms with E-state index in [0.29, 0.717) is 13.2 Å². The predicted octanol–water partition coefficient (Wildman–Crippen LogP) is 7.42. The Morgan fingerprint density at radius 2 is 1.26 bits per heavy atom. The van der Waals surface area contributed by atoms with Gasteiger partial charge >= 0.3 is 157 Å². The van der Waals surface area contributed by atoms with Crippen LogP contribution in [0.2, 0.25) is 4.13 Å². The van der Waals surface area contributed by atoms with Crippen LogP contribution in [-0.4, -0.2) is 3.71 Å². The van der Waals surface area contributed by atoms with E-state index in [2.05, 4.69) is 97.3 Å². The van der Waals surface area contributed by atoms with E-state index < -0.39 is 19.8 Å². The van der Waals surface area contributed by atoms with Crippen molar-refractivity contribution < 1.29 is 19.8 Å². The molecule has 0 fully saturated rings. The van der Waals surface area contributed by atoms with Crippen molar-refractivity contribution in [1.82, 2.24) is 0 Å². The normalized spacial score (nSPS) is 21.0. The van der Waals surface area contributed by atoms with Crippen molar-refractivity contribution in [3.63, 3.8) is 0 Å². The third-order valence-corrected chi connectivity index (χ3v) is 20.4.